The van der Waals surface area contributed by atoms with Crippen molar-refractivity contribution in [1.29, 1.82) is 0 Å². The van der Waals surface area contributed by atoms with Crippen LogP contribution in [0.3, 0.4) is 0 Å². The van der Waals surface area contributed by atoms with Gasteiger partial charge in [-0.05, 0) is 75.6 Å². The van der Waals surface area contributed by atoms with Gasteiger partial charge in [0.15, 0.2) is 0 Å². The van der Waals surface area contributed by atoms with Crippen molar-refractivity contribution < 1.29 is 22.7 Å². The Morgan fingerprint density at radius 2 is 1.55 bits per heavy atom. The van der Waals surface area contributed by atoms with Crippen molar-refractivity contribution in [3.05, 3.63) is 89.5 Å². The minimum atomic E-state index is -4.10. The zero-order valence-corrected chi connectivity index (χ0v) is 25.7. The fourth-order valence-electron chi connectivity index (χ4n) is 5.20. The lowest BCUT2D eigenvalue weighted by molar-refractivity contribution is -0.139. The highest BCUT2D eigenvalue weighted by Crippen LogP contribution is 2.26. The molecule has 1 saturated carbocycles. The van der Waals surface area contributed by atoms with E-state index >= 15 is 0 Å². The molecule has 1 fully saturated rings. The summed E-state index contributed by atoms with van der Waals surface area (Å²) in [5.41, 5.74) is 3.03. The maximum Gasteiger partial charge on any atom is 0.264 e. The lowest BCUT2D eigenvalue weighted by atomic mass is 9.95. The van der Waals surface area contributed by atoms with Gasteiger partial charge in [0.25, 0.3) is 10.0 Å². The third kappa shape index (κ3) is 7.70. The molecule has 1 aliphatic rings. The average molecular weight is 592 g/mol. The van der Waals surface area contributed by atoms with Crippen LogP contribution in [0.5, 0.6) is 5.75 Å². The summed E-state index contributed by atoms with van der Waals surface area (Å²) in [6.45, 7) is 5.14. The van der Waals surface area contributed by atoms with Gasteiger partial charge in [0.1, 0.15) is 18.3 Å². The first-order valence-electron chi connectivity index (χ1n) is 14.5. The summed E-state index contributed by atoms with van der Waals surface area (Å²) >= 11 is 0. The molecule has 0 heterocycles. The van der Waals surface area contributed by atoms with Crippen molar-refractivity contribution in [2.75, 3.05) is 18.0 Å². The topological polar surface area (TPSA) is 96.0 Å². The van der Waals surface area contributed by atoms with Crippen LogP contribution in [0.2, 0.25) is 0 Å². The number of methoxy groups -OCH3 is 1. The molecule has 42 heavy (non-hydrogen) atoms. The number of anilines is 1. The summed E-state index contributed by atoms with van der Waals surface area (Å²) in [5, 5.41) is 3.13. The second kappa shape index (κ2) is 13.9. The largest absolute Gasteiger partial charge is 0.497 e. The van der Waals surface area contributed by atoms with Gasteiger partial charge in [-0.1, -0.05) is 66.8 Å². The number of hydrogen-bond donors (Lipinski definition) is 1. The molecular formula is C33H41N3O5S. The lowest BCUT2D eigenvalue weighted by Gasteiger charge is -2.33. The predicted octanol–water partition coefficient (Wildman–Crippen LogP) is 5.37. The number of carbonyl (C=O) groups is 2. The van der Waals surface area contributed by atoms with E-state index in [0.717, 1.165) is 53.1 Å². The van der Waals surface area contributed by atoms with Gasteiger partial charge in [-0.3, -0.25) is 13.9 Å². The van der Waals surface area contributed by atoms with E-state index in [4.69, 9.17) is 4.74 Å². The molecule has 0 aliphatic heterocycles. The Morgan fingerprint density at radius 3 is 2.17 bits per heavy atom. The van der Waals surface area contributed by atoms with E-state index in [1.807, 2.05) is 50.2 Å². The van der Waals surface area contributed by atoms with Crippen molar-refractivity contribution in [1.82, 2.24) is 10.2 Å². The average Bonchev–Trinajstić information content (AvgIpc) is 2.99. The molecule has 3 aromatic carbocycles. The Hall–Kier alpha value is -3.85. The van der Waals surface area contributed by atoms with Crippen LogP contribution >= 0.6 is 0 Å². The van der Waals surface area contributed by atoms with E-state index in [2.05, 4.69) is 5.32 Å². The molecule has 0 bridgehead atoms. The number of amides is 2. The van der Waals surface area contributed by atoms with Crippen molar-refractivity contribution in [3.8, 4) is 5.75 Å². The van der Waals surface area contributed by atoms with Gasteiger partial charge >= 0.3 is 0 Å². The molecule has 0 spiro atoms. The molecular weight excluding hydrogens is 550 g/mol. The minimum absolute atomic E-state index is 0.0773. The number of ether oxygens (including phenoxy) is 1. The lowest BCUT2D eigenvalue weighted by Crippen LogP contribution is -2.53. The van der Waals surface area contributed by atoms with Gasteiger partial charge in [-0.15, -0.1) is 0 Å². The van der Waals surface area contributed by atoms with Gasteiger partial charge in [0, 0.05) is 12.6 Å². The zero-order valence-electron chi connectivity index (χ0n) is 24.9. The van der Waals surface area contributed by atoms with E-state index in [-0.39, 0.29) is 23.4 Å². The fraction of sp³-hybridized carbons (Fsp3) is 0.394. The van der Waals surface area contributed by atoms with Crippen molar-refractivity contribution in [2.24, 2.45) is 0 Å². The molecule has 9 heteroatoms. The summed E-state index contributed by atoms with van der Waals surface area (Å²) in [7, 11) is -2.53. The molecule has 1 aliphatic carbocycles. The van der Waals surface area contributed by atoms with E-state index in [9.17, 15) is 18.0 Å². The quantitative estimate of drug-likeness (QED) is 0.323. The Bertz CT molecular complexity index is 1470. The Kier molecular flexibility index (Phi) is 10.3. The first-order chi connectivity index (χ1) is 20.1. The van der Waals surface area contributed by atoms with Gasteiger partial charge in [-0.2, -0.15) is 0 Å². The maximum atomic E-state index is 14.1. The third-order valence-corrected chi connectivity index (χ3v) is 9.60. The Labute approximate surface area is 249 Å². The third-order valence-electron chi connectivity index (χ3n) is 7.82. The van der Waals surface area contributed by atoms with E-state index < -0.39 is 28.5 Å². The minimum Gasteiger partial charge on any atom is -0.497 e. The second-order valence-corrected chi connectivity index (χ2v) is 12.9. The normalized spacial score (nSPS) is 14.6. The second-order valence-electron chi connectivity index (χ2n) is 11.1. The van der Waals surface area contributed by atoms with Crippen molar-refractivity contribution in [3.63, 3.8) is 0 Å². The summed E-state index contributed by atoms with van der Waals surface area (Å²) in [6, 6.07) is 20.1. The first kappa shape index (κ1) is 31.1. The molecule has 224 valence electrons. The number of sulfonamides is 1. The summed E-state index contributed by atoms with van der Waals surface area (Å²) in [5.74, 6) is -0.107. The summed E-state index contributed by atoms with van der Waals surface area (Å²) in [6.07, 6.45) is 5.12. The number of aryl methyl sites for hydroxylation is 2. The van der Waals surface area contributed by atoms with E-state index in [0.29, 0.717) is 11.4 Å². The number of benzene rings is 3. The van der Waals surface area contributed by atoms with Crippen LogP contribution in [-0.2, 0) is 26.2 Å². The smallest absolute Gasteiger partial charge is 0.264 e. The molecule has 8 nitrogen and oxygen atoms in total. The molecule has 0 unspecified atom stereocenters. The SMILES string of the molecule is COc1cccc(CN(C(=O)CN(c2ccc(C)cc2)S(=O)(=O)c2ccc(C)cc2)[C@@H](C)C(=O)NC2CCCCC2)c1. The monoisotopic (exact) mass is 591 g/mol. The van der Waals surface area contributed by atoms with Gasteiger partial charge < -0.3 is 15.0 Å². The number of nitrogens with one attached hydrogen (secondary N) is 1. The molecule has 0 saturated heterocycles. The number of hydrogen-bond acceptors (Lipinski definition) is 5. The molecule has 0 aromatic heterocycles. The zero-order chi connectivity index (χ0) is 30.3. The van der Waals surface area contributed by atoms with Gasteiger partial charge in [-0.25, -0.2) is 8.42 Å². The van der Waals surface area contributed by atoms with Crippen LogP contribution in [0, 0.1) is 13.8 Å². The fourth-order valence-corrected chi connectivity index (χ4v) is 6.61. The molecule has 1 atom stereocenters. The van der Waals surface area contributed by atoms with Crippen LogP contribution in [0.4, 0.5) is 5.69 Å². The number of carbonyl (C=O) groups excluding carboxylic acids is 2. The van der Waals surface area contributed by atoms with Crippen LogP contribution < -0.4 is 14.4 Å². The number of rotatable bonds is 11. The summed E-state index contributed by atoms with van der Waals surface area (Å²) in [4.78, 5) is 29.1. The standard InChI is InChI=1S/C33H41N3O5S/c1-24-13-17-29(18-14-24)36(42(39,40)31-19-15-25(2)16-20-31)23-32(37)35(22-27-9-8-12-30(21-27)41-4)26(3)33(38)34-28-10-6-5-7-11-28/h8-9,12-21,26,28H,5-7,10-11,22-23H2,1-4H3,(H,34,38)/t26-/m0/s1. The maximum absolute atomic E-state index is 14.1. The molecule has 4 rings (SSSR count). The predicted molar refractivity (Wildman–Crippen MR) is 165 cm³/mol. The highest BCUT2D eigenvalue weighted by molar-refractivity contribution is 7.92. The molecule has 0 radical (unpaired) electrons. The molecule has 3 aromatic rings. The molecule has 2 amide bonds. The van der Waals surface area contributed by atoms with E-state index in [1.54, 1.807) is 50.4 Å². The summed E-state index contributed by atoms with van der Waals surface area (Å²) < 4.78 is 34.4. The van der Waals surface area contributed by atoms with Gasteiger partial charge in [0.05, 0.1) is 17.7 Å². The van der Waals surface area contributed by atoms with Crippen LogP contribution in [0.15, 0.2) is 77.7 Å². The van der Waals surface area contributed by atoms with E-state index in [1.165, 1.54) is 4.90 Å². The number of nitrogens with zero attached hydrogens (tertiary/aromatic N) is 2. The highest BCUT2D eigenvalue weighted by atomic mass is 32.2. The molecule has 1 N–H and O–H groups in total. The van der Waals surface area contributed by atoms with Crippen molar-refractivity contribution in [2.45, 2.75) is 76.4 Å². The Morgan fingerprint density at radius 1 is 0.929 bits per heavy atom. The first-order valence-corrected chi connectivity index (χ1v) is 15.9. The van der Waals surface area contributed by atoms with Crippen molar-refractivity contribution >= 4 is 27.5 Å². The Balaban J connectivity index is 1.68. The van der Waals surface area contributed by atoms with Gasteiger partial charge in [0.2, 0.25) is 11.8 Å². The van der Waals surface area contributed by atoms with Crippen LogP contribution in [-0.4, -0.2) is 50.9 Å². The van der Waals surface area contributed by atoms with Crippen LogP contribution in [0.25, 0.3) is 0 Å². The van der Waals surface area contributed by atoms with Crippen LogP contribution in [0.1, 0.15) is 55.7 Å². The highest BCUT2D eigenvalue weighted by Gasteiger charge is 2.33.